The van der Waals surface area contributed by atoms with Gasteiger partial charge in [-0.1, -0.05) is 48.5 Å². The molecule has 0 saturated heterocycles. The first-order valence-electron chi connectivity index (χ1n) is 14.3. The van der Waals surface area contributed by atoms with Gasteiger partial charge in [0.15, 0.2) is 0 Å². The Morgan fingerprint density at radius 1 is 0.925 bits per heavy atom. The molecule has 6 nitrogen and oxygen atoms in total. The van der Waals surface area contributed by atoms with Gasteiger partial charge in [-0.25, -0.2) is 4.68 Å². The summed E-state index contributed by atoms with van der Waals surface area (Å²) in [5, 5.41) is 15.2. The molecular formula is C34H32N4O2. The van der Waals surface area contributed by atoms with Crippen molar-refractivity contribution < 1.29 is 9.59 Å². The molecule has 200 valence electrons. The highest BCUT2D eigenvalue weighted by Gasteiger charge is 2.53. The number of rotatable bonds is 5. The topological polar surface area (TPSA) is 79.0 Å². The third kappa shape index (κ3) is 4.03. The predicted octanol–water partition coefficient (Wildman–Crippen LogP) is 6.13. The van der Waals surface area contributed by atoms with E-state index in [0.29, 0.717) is 11.1 Å². The number of nitriles is 1. The lowest BCUT2D eigenvalue weighted by Gasteiger charge is -2.56. The van der Waals surface area contributed by atoms with Gasteiger partial charge in [0.05, 0.1) is 17.9 Å². The lowest BCUT2D eigenvalue weighted by atomic mass is 9.48. The highest BCUT2D eigenvalue weighted by molar-refractivity contribution is 6.19. The van der Waals surface area contributed by atoms with E-state index < -0.39 is 5.91 Å². The first kappa shape index (κ1) is 24.8. The first-order chi connectivity index (χ1) is 19.4. The van der Waals surface area contributed by atoms with Crippen LogP contribution in [-0.2, 0) is 21.5 Å². The number of hydrogen-bond donors (Lipinski definition) is 0. The molecule has 2 aromatic carbocycles. The molecule has 0 unspecified atom stereocenters. The summed E-state index contributed by atoms with van der Waals surface area (Å²) < 4.78 is 1.94. The average Bonchev–Trinajstić information content (AvgIpc) is 3.39. The summed E-state index contributed by atoms with van der Waals surface area (Å²) in [5.74, 6) is 1.34. The van der Waals surface area contributed by atoms with Crippen LogP contribution in [-0.4, -0.2) is 26.5 Å². The largest absolute Gasteiger partial charge is 0.271 e. The molecule has 0 spiro atoms. The lowest BCUT2D eigenvalue weighted by molar-refractivity contribution is -0.141. The quantitative estimate of drug-likeness (QED) is 0.295. The van der Waals surface area contributed by atoms with Crippen molar-refractivity contribution in [2.24, 2.45) is 17.8 Å². The van der Waals surface area contributed by atoms with Gasteiger partial charge in [0, 0.05) is 22.7 Å². The predicted molar refractivity (Wildman–Crippen MR) is 152 cm³/mol. The molecule has 0 N–H and O–H groups in total. The second kappa shape index (κ2) is 9.45. The molecule has 4 bridgehead atoms. The number of para-hydroxylation sites is 1. The van der Waals surface area contributed by atoms with Crippen molar-refractivity contribution in [1.82, 2.24) is 14.7 Å². The second-order valence-electron chi connectivity index (χ2n) is 12.3. The highest BCUT2D eigenvalue weighted by Crippen LogP contribution is 2.61. The molecular weight excluding hydrogens is 496 g/mol. The Hall–Kier alpha value is -4.24. The van der Waals surface area contributed by atoms with E-state index in [2.05, 4.69) is 6.07 Å². The maximum atomic E-state index is 13.9. The van der Waals surface area contributed by atoms with Gasteiger partial charge in [-0.05, 0) is 92.5 Å². The fraction of sp³-hybridized carbons (Fsp3) is 0.353. The number of nitrogens with zero attached hydrogens (tertiary/aromatic N) is 4. The van der Waals surface area contributed by atoms with Gasteiger partial charge in [-0.2, -0.15) is 10.4 Å². The molecule has 0 radical (unpaired) electrons. The molecule has 2 amide bonds. The van der Waals surface area contributed by atoms with Crippen LogP contribution in [0, 0.1) is 29.1 Å². The Labute approximate surface area is 234 Å². The molecule has 4 fully saturated rings. The van der Waals surface area contributed by atoms with E-state index in [1.54, 1.807) is 6.92 Å². The molecule has 8 rings (SSSR count). The van der Waals surface area contributed by atoms with Crippen LogP contribution in [0.5, 0.6) is 0 Å². The minimum atomic E-state index is -0.535. The third-order valence-electron chi connectivity index (χ3n) is 9.61. The van der Waals surface area contributed by atoms with Crippen molar-refractivity contribution in [3.8, 4) is 11.8 Å². The van der Waals surface area contributed by atoms with Crippen LogP contribution >= 0.6 is 0 Å². The summed E-state index contributed by atoms with van der Waals surface area (Å²) in [6.07, 6.45) is 11.4. The molecule has 4 saturated carbocycles. The Kier molecular flexibility index (Phi) is 5.85. The fourth-order valence-corrected chi connectivity index (χ4v) is 8.21. The summed E-state index contributed by atoms with van der Waals surface area (Å²) >= 11 is 0. The first-order valence-corrected chi connectivity index (χ1v) is 14.3. The van der Waals surface area contributed by atoms with E-state index in [1.807, 2.05) is 77.6 Å². The SMILES string of the molecule is CC1=C(C#N)C(=O)N(Cc2ccccc2)C(=O)/C1=C/c1cn(-c2ccccc2)nc1C12CC3CC(CC(C3)C1)C2. The normalized spacial score (nSPS) is 28.4. The lowest BCUT2D eigenvalue weighted by Crippen LogP contribution is -2.49. The molecule has 6 heteroatoms. The van der Waals surface area contributed by atoms with Gasteiger partial charge in [-0.3, -0.25) is 14.5 Å². The summed E-state index contributed by atoms with van der Waals surface area (Å²) in [6, 6.07) is 21.6. The van der Waals surface area contributed by atoms with E-state index in [9.17, 15) is 14.9 Å². The summed E-state index contributed by atoms with van der Waals surface area (Å²) in [5.41, 5.74) is 4.65. The van der Waals surface area contributed by atoms with Crippen molar-refractivity contribution in [3.63, 3.8) is 0 Å². The number of carbonyl (C=O) groups excluding carboxylic acids is 2. The third-order valence-corrected chi connectivity index (χ3v) is 9.61. The number of imide groups is 1. The molecule has 3 aromatic rings. The smallest absolute Gasteiger partial charge is 0.269 e. The van der Waals surface area contributed by atoms with Gasteiger partial charge in [-0.15, -0.1) is 0 Å². The molecule has 1 aromatic heterocycles. The molecule has 1 aliphatic heterocycles. The monoisotopic (exact) mass is 528 g/mol. The van der Waals surface area contributed by atoms with Crippen molar-refractivity contribution in [3.05, 3.63) is 100 Å². The number of aromatic nitrogens is 2. The Morgan fingerprint density at radius 3 is 2.12 bits per heavy atom. The van der Waals surface area contributed by atoms with Crippen LogP contribution in [0.3, 0.4) is 0 Å². The van der Waals surface area contributed by atoms with E-state index in [4.69, 9.17) is 5.10 Å². The van der Waals surface area contributed by atoms with E-state index >= 15 is 0 Å². The van der Waals surface area contributed by atoms with Crippen molar-refractivity contribution in [1.29, 1.82) is 5.26 Å². The van der Waals surface area contributed by atoms with E-state index in [1.165, 1.54) is 24.2 Å². The molecule has 2 heterocycles. The molecule has 0 atom stereocenters. The highest BCUT2D eigenvalue weighted by atomic mass is 16.2. The van der Waals surface area contributed by atoms with E-state index in [-0.39, 0.29) is 23.4 Å². The number of benzene rings is 2. The van der Waals surface area contributed by atoms with Crippen LogP contribution in [0.15, 0.2) is 83.6 Å². The van der Waals surface area contributed by atoms with Gasteiger partial charge >= 0.3 is 0 Å². The summed E-state index contributed by atoms with van der Waals surface area (Å²) in [4.78, 5) is 28.4. The van der Waals surface area contributed by atoms with Crippen molar-refractivity contribution >= 4 is 17.9 Å². The van der Waals surface area contributed by atoms with Crippen LogP contribution in [0.25, 0.3) is 11.8 Å². The Morgan fingerprint density at radius 2 is 1.52 bits per heavy atom. The zero-order valence-electron chi connectivity index (χ0n) is 22.7. The zero-order valence-corrected chi connectivity index (χ0v) is 22.7. The number of carbonyl (C=O) groups is 2. The molecule has 40 heavy (non-hydrogen) atoms. The Bertz CT molecular complexity index is 1570. The van der Waals surface area contributed by atoms with E-state index in [0.717, 1.165) is 59.5 Å². The molecule has 5 aliphatic rings. The average molecular weight is 529 g/mol. The number of hydrogen-bond acceptors (Lipinski definition) is 4. The van der Waals surface area contributed by atoms with Gasteiger partial charge in [0.2, 0.25) is 0 Å². The Balaban J connectivity index is 1.36. The summed E-state index contributed by atoms with van der Waals surface area (Å²) in [7, 11) is 0. The second-order valence-corrected chi connectivity index (χ2v) is 12.3. The molecule has 4 aliphatic carbocycles. The minimum Gasteiger partial charge on any atom is -0.269 e. The standard InChI is InChI=1S/C34H32N4O2/c1-22-29(32(39)37(33(40)30(22)19-35)20-23-8-4-2-5-9-23)15-27-21-38(28-10-6-3-7-11-28)36-31(27)34-16-24-12-25(17-34)14-26(13-24)18-34/h2-11,15,21,24-26H,12-14,16-18,20H2,1H3/b29-15+. The van der Waals surface area contributed by atoms with Crippen LogP contribution in [0.2, 0.25) is 0 Å². The number of amides is 2. The van der Waals surface area contributed by atoms with Crippen molar-refractivity contribution in [2.75, 3.05) is 0 Å². The maximum Gasteiger partial charge on any atom is 0.271 e. The van der Waals surface area contributed by atoms with Crippen LogP contribution in [0.1, 0.15) is 62.3 Å². The fourth-order valence-electron chi connectivity index (χ4n) is 8.21. The minimum absolute atomic E-state index is 0.00805. The van der Waals surface area contributed by atoms with Gasteiger partial charge < -0.3 is 0 Å². The van der Waals surface area contributed by atoms with Crippen LogP contribution < -0.4 is 0 Å². The van der Waals surface area contributed by atoms with Crippen molar-refractivity contribution in [2.45, 2.75) is 57.4 Å². The zero-order chi connectivity index (χ0) is 27.4. The van der Waals surface area contributed by atoms with Gasteiger partial charge in [0.25, 0.3) is 11.8 Å². The summed E-state index contributed by atoms with van der Waals surface area (Å²) in [6.45, 7) is 1.84. The maximum absolute atomic E-state index is 13.9. The van der Waals surface area contributed by atoms with Gasteiger partial charge in [0.1, 0.15) is 11.6 Å². The van der Waals surface area contributed by atoms with Crippen LogP contribution in [0.4, 0.5) is 0 Å².